The lowest BCUT2D eigenvalue weighted by atomic mass is 10.2. The summed E-state index contributed by atoms with van der Waals surface area (Å²) in [6, 6.07) is 13.3. The molecule has 0 fully saturated rings. The Bertz CT molecular complexity index is 1000. The number of rotatable bonds is 4. The number of nitrogens with zero attached hydrogens (tertiary/aromatic N) is 4. The first-order chi connectivity index (χ1) is 12.3. The summed E-state index contributed by atoms with van der Waals surface area (Å²) in [4.78, 5) is 17.1. The van der Waals surface area contributed by atoms with Gasteiger partial charge in [-0.15, -0.1) is 0 Å². The summed E-state index contributed by atoms with van der Waals surface area (Å²) >= 11 is 0. The molecule has 0 saturated heterocycles. The van der Waals surface area contributed by atoms with Crippen molar-refractivity contribution in [3.05, 3.63) is 72.9 Å². The maximum absolute atomic E-state index is 5.65. The van der Waals surface area contributed by atoms with Crippen molar-refractivity contribution in [1.82, 2.24) is 19.9 Å². The van der Waals surface area contributed by atoms with Gasteiger partial charge in [0.15, 0.2) is 5.65 Å². The maximum atomic E-state index is 5.65. The van der Waals surface area contributed by atoms with Gasteiger partial charge in [0, 0.05) is 29.5 Å². The molecule has 0 aromatic carbocycles. The summed E-state index contributed by atoms with van der Waals surface area (Å²) < 4.78 is 5.65. The van der Waals surface area contributed by atoms with Gasteiger partial charge in [-0.1, -0.05) is 0 Å². The highest BCUT2D eigenvalue weighted by molar-refractivity contribution is 5.90. The van der Waals surface area contributed by atoms with Crippen LogP contribution in [0.15, 0.2) is 67.3 Å². The Morgan fingerprint density at radius 3 is 2.68 bits per heavy atom. The Balaban J connectivity index is 1.55. The number of aryl methyl sites for hydroxylation is 1. The highest BCUT2D eigenvalue weighted by atomic mass is 16.5. The van der Waals surface area contributed by atoms with E-state index in [0.717, 1.165) is 28.1 Å². The monoisotopic (exact) mass is 329 g/mol. The molecule has 4 rings (SSSR count). The summed E-state index contributed by atoms with van der Waals surface area (Å²) in [6.07, 6.45) is 6.80. The van der Waals surface area contributed by atoms with Crippen LogP contribution in [0.4, 0.5) is 11.4 Å². The molecule has 0 radical (unpaired) electrons. The van der Waals surface area contributed by atoms with Crippen LogP contribution in [-0.2, 0) is 0 Å². The molecule has 0 bridgehead atoms. The third kappa shape index (κ3) is 3.37. The fourth-order valence-corrected chi connectivity index (χ4v) is 2.43. The standard InChI is InChI=1S/C19H15N5O/c1-13-4-6-16-17(8-10-21-19(16)23-13)24-14-5-7-18(22-11-14)25-15-3-2-9-20-12-15/h2-12H,1H3,(H,21,23,24). The molecular weight excluding hydrogens is 314 g/mol. The molecule has 0 atom stereocenters. The Morgan fingerprint density at radius 2 is 1.88 bits per heavy atom. The molecule has 4 heterocycles. The van der Waals surface area contributed by atoms with E-state index >= 15 is 0 Å². The van der Waals surface area contributed by atoms with Crippen molar-refractivity contribution >= 4 is 22.4 Å². The fraction of sp³-hybridized carbons (Fsp3) is 0.0526. The van der Waals surface area contributed by atoms with Gasteiger partial charge in [0.25, 0.3) is 0 Å². The van der Waals surface area contributed by atoms with Crippen molar-refractivity contribution < 1.29 is 4.74 Å². The molecular formula is C19H15N5O. The molecule has 1 N–H and O–H groups in total. The quantitative estimate of drug-likeness (QED) is 0.603. The Kier molecular flexibility index (Phi) is 3.92. The van der Waals surface area contributed by atoms with E-state index in [1.54, 1.807) is 30.9 Å². The third-order valence-corrected chi connectivity index (χ3v) is 3.61. The van der Waals surface area contributed by atoms with Crippen LogP contribution < -0.4 is 10.1 Å². The minimum absolute atomic E-state index is 0.510. The number of fused-ring (bicyclic) bond motifs is 1. The molecule has 0 saturated carbocycles. The molecule has 25 heavy (non-hydrogen) atoms. The first-order valence-electron chi connectivity index (χ1n) is 7.81. The lowest BCUT2D eigenvalue weighted by molar-refractivity contribution is 0.461. The van der Waals surface area contributed by atoms with Crippen molar-refractivity contribution in [1.29, 1.82) is 0 Å². The number of ether oxygens (including phenoxy) is 1. The smallest absolute Gasteiger partial charge is 0.219 e. The lowest BCUT2D eigenvalue weighted by Crippen LogP contribution is -1.96. The van der Waals surface area contributed by atoms with Gasteiger partial charge >= 0.3 is 0 Å². The molecule has 0 spiro atoms. The number of pyridine rings is 4. The van der Waals surface area contributed by atoms with Crippen molar-refractivity contribution in [2.24, 2.45) is 0 Å². The largest absolute Gasteiger partial charge is 0.437 e. The van der Waals surface area contributed by atoms with E-state index in [1.165, 1.54) is 0 Å². The van der Waals surface area contributed by atoms with Gasteiger partial charge in [0.05, 0.1) is 23.8 Å². The van der Waals surface area contributed by atoms with Crippen LogP contribution in [0.2, 0.25) is 0 Å². The van der Waals surface area contributed by atoms with Gasteiger partial charge in [-0.25, -0.2) is 15.0 Å². The molecule has 0 aliphatic carbocycles. The first kappa shape index (κ1) is 15.0. The summed E-state index contributed by atoms with van der Waals surface area (Å²) in [6.45, 7) is 1.95. The molecule has 0 amide bonds. The van der Waals surface area contributed by atoms with Gasteiger partial charge in [-0.2, -0.15) is 0 Å². The van der Waals surface area contributed by atoms with Crippen molar-refractivity contribution in [2.75, 3.05) is 5.32 Å². The summed E-state index contributed by atoms with van der Waals surface area (Å²) in [5, 5.41) is 4.31. The zero-order chi connectivity index (χ0) is 17.1. The zero-order valence-corrected chi connectivity index (χ0v) is 13.5. The van der Waals surface area contributed by atoms with E-state index in [2.05, 4.69) is 25.3 Å². The predicted molar refractivity (Wildman–Crippen MR) is 96.1 cm³/mol. The van der Waals surface area contributed by atoms with E-state index in [9.17, 15) is 0 Å². The summed E-state index contributed by atoms with van der Waals surface area (Å²) in [5.74, 6) is 1.16. The van der Waals surface area contributed by atoms with Crippen LogP contribution in [0.25, 0.3) is 11.0 Å². The number of anilines is 2. The fourth-order valence-electron chi connectivity index (χ4n) is 2.43. The second-order valence-corrected chi connectivity index (χ2v) is 5.48. The van der Waals surface area contributed by atoms with Crippen LogP contribution in [-0.4, -0.2) is 19.9 Å². The number of aromatic nitrogens is 4. The average molecular weight is 329 g/mol. The highest BCUT2D eigenvalue weighted by Crippen LogP contribution is 2.25. The number of hydrogen-bond donors (Lipinski definition) is 1. The van der Waals surface area contributed by atoms with E-state index in [-0.39, 0.29) is 0 Å². The Labute approximate surface area is 144 Å². The third-order valence-electron chi connectivity index (χ3n) is 3.61. The second-order valence-electron chi connectivity index (χ2n) is 5.48. The topological polar surface area (TPSA) is 72.8 Å². The van der Waals surface area contributed by atoms with E-state index in [1.807, 2.05) is 43.3 Å². The maximum Gasteiger partial charge on any atom is 0.219 e. The van der Waals surface area contributed by atoms with Gasteiger partial charge in [0.2, 0.25) is 5.88 Å². The predicted octanol–water partition coefficient (Wildman–Crippen LogP) is 4.26. The molecule has 0 aliphatic rings. The van der Waals surface area contributed by atoms with E-state index < -0.39 is 0 Å². The lowest BCUT2D eigenvalue weighted by Gasteiger charge is -2.10. The van der Waals surface area contributed by atoms with Gasteiger partial charge < -0.3 is 10.1 Å². The molecule has 4 aromatic rings. The van der Waals surface area contributed by atoms with Crippen molar-refractivity contribution in [3.8, 4) is 11.6 Å². The summed E-state index contributed by atoms with van der Waals surface area (Å²) in [5.41, 5.74) is 3.44. The molecule has 6 nitrogen and oxygen atoms in total. The Hall–Kier alpha value is -3.54. The minimum atomic E-state index is 0.510. The number of hydrogen-bond acceptors (Lipinski definition) is 6. The zero-order valence-electron chi connectivity index (χ0n) is 13.5. The van der Waals surface area contributed by atoms with Crippen molar-refractivity contribution in [2.45, 2.75) is 6.92 Å². The van der Waals surface area contributed by atoms with Gasteiger partial charge in [-0.05, 0) is 43.3 Å². The van der Waals surface area contributed by atoms with Crippen LogP contribution in [0, 0.1) is 6.92 Å². The van der Waals surface area contributed by atoms with Crippen LogP contribution >= 0.6 is 0 Å². The molecule has 0 unspecified atom stereocenters. The average Bonchev–Trinajstić information content (AvgIpc) is 2.64. The van der Waals surface area contributed by atoms with Crippen LogP contribution in [0.5, 0.6) is 11.6 Å². The van der Waals surface area contributed by atoms with Crippen LogP contribution in [0.3, 0.4) is 0 Å². The first-order valence-corrected chi connectivity index (χ1v) is 7.81. The van der Waals surface area contributed by atoms with Gasteiger partial charge in [-0.3, -0.25) is 4.98 Å². The number of nitrogens with one attached hydrogen (secondary N) is 1. The van der Waals surface area contributed by atoms with Gasteiger partial charge in [0.1, 0.15) is 5.75 Å². The normalized spacial score (nSPS) is 10.6. The molecule has 6 heteroatoms. The molecule has 0 aliphatic heterocycles. The summed E-state index contributed by atoms with van der Waals surface area (Å²) in [7, 11) is 0. The van der Waals surface area contributed by atoms with Crippen LogP contribution in [0.1, 0.15) is 5.69 Å². The molecule has 4 aromatic heterocycles. The second kappa shape index (κ2) is 6.52. The minimum Gasteiger partial charge on any atom is -0.437 e. The Morgan fingerprint density at radius 1 is 0.920 bits per heavy atom. The van der Waals surface area contributed by atoms with Crippen molar-refractivity contribution in [3.63, 3.8) is 0 Å². The van der Waals surface area contributed by atoms with E-state index in [0.29, 0.717) is 11.6 Å². The van der Waals surface area contributed by atoms with E-state index in [4.69, 9.17) is 4.74 Å². The SMILES string of the molecule is Cc1ccc2c(Nc3ccc(Oc4cccnc4)nc3)ccnc2n1. The highest BCUT2D eigenvalue weighted by Gasteiger charge is 2.05. The molecule has 122 valence electrons.